The van der Waals surface area contributed by atoms with Crippen molar-refractivity contribution in [2.45, 2.75) is 83.1 Å². The molecule has 8 nitrogen and oxygen atoms in total. The summed E-state index contributed by atoms with van der Waals surface area (Å²) < 4.78 is 6.26. The van der Waals surface area contributed by atoms with Crippen LogP contribution in [0.1, 0.15) is 91.3 Å². The molecule has 1 aliphatic rings. The summed E-state index contributed by atoms with van der Waals surface area (Å²) in [6.07, 6.45) is 20.5. The summed E-state index contributed by atoms with van der Waals surface area (Å²) in [7, 11) is 0. The average molecular weight is 681 g/mol. The predicted octanol–water partition coefficient (Wildman–Crippen LogP) is 7.38. The molecule has 2 atom stereocenters. The number of hydrogen-bond acceptors (Lipinski definition) is 7. The molecule has 0 bridgehead atoms. The lowest BCUT2D eigenvalue weighted by molar-refractivity contribution is 0.0958. The minimum Gasteiger partial charge on any atom is -0.380 e. The topological polar surface area (TPSA) is 102 Å². The van der Waals surface area contributed by atoms with Crippen molar-refractivity contribution < 1.29 is 9.53 Å². The summed E-state index contributed by atoms with van der Waals surface area (Å²) in [6, 6.07) is 20.8. The number of halogens is 1. The molecule has 1 saturated heterocycles. The van der Waals surface area contributed by atoms with Gasteiger partial charge in [0.15, 0.2) is 5.82 Å². The number of nitrogens with one attached hydrogen (secondary N) is 2. The second-order valence-electron chi connectivity index (χ2n) is 12.5. The van der Waals surface area contributed by atoms with Crippen molar-refractivity contribution in [2.75, 3.05) is 26.3 Å². The third kappa shape index (κ3) is 11.2. The molecule has 2 aromatic carbocycles. The largest absolute Gasteiger partial charge is 0.380 e. The number of rotatable bonds is 18. The minimum atomic E-state index is -0.209. The maximum Gasteiger partial charge on any atom is 0.252 e. The SMILES string of the molecule is C#CCNC(=O)c1ccc(-c2nnc(-c3ncccn3)cc2CCCOC[C@H]2NCC[C@@H]2c2ccc(CCCCCCCC)cc2)cc1.Cl. The Morgan fingerprint density at radius 2 is 1.71 bits per heavy atom. The maximum absolute atomic E-state index is 12.3. The van der Waals surface area contributed by atoms with Gasteiger partial charge in [-0.2, -0.15) is 0 Å². The standard InChI is InChI=1S/C40H48N6O2.ClH/c1-3-5-6-7-8-9-12-30-14-16-31(17-15-30)35-22-26-41-37(35)29-48-27-10-13-34-28-36(39-42-24-11-25-43-39)45-46-38(34)32-18-20-33(21-19-32)40(47)44-23-4-2;/h2,11,14-21,24-25,28,35,37,41H,3,5-10,12-13,22-23,26-27,29H2,1H3,(H,44,47);1H/t35-,37-;/m1./s1. The van der Waals surface area contributed by atoms with Gasteiger partial charge < -0.3 is 15.4 Å². The van der Waals surface area contributed by atoms with Gasteiger partial charge in [-0.1, -0.05) is 81.3 Å². The number of ether oxygens (including phenoxy) is 1. The fourth-order valence-corrected chi connectivity index (χ4v) is 6.38. The first-order chi connectivity index (χ1) is 23.7. The Bertz CT molecular complexity index is 1610. The molecule has 258 valence electrons. The molecule has 2 N–H and O–H groups in total. The molecular weight excluding hydrogens is 632 g/mol. The van der Waals surface area contributed by atoms with E-state index in [4.69, 9.17) is 11.2 Å². The Kier molecular flexibility index (Phi) is 15.7. The van der Waals surface area contributed by atoms with Crippen LogP contribution in [0.25, 0.3) is 22.8 Å². The number of nitrogens with zero attached hydrogens (tertiary/aromatic N) is 4. The molecule has 2 aromatic heterocycles. The van der Waals surface area contributed by atoms with Gasteiger partial charge in [-0.25, -0.2) is 9.97 Å². The maximum atomic E-state index is 12.3. The quantitative estimate of drug-likeness (QED) is 0.0835. The molecule has 1 aliphatic heterocycles. The Morgan fingerprint density at radius 1 is 0.959 bits per heavy atom. The van der Waals surface area contributed by atoms with E-state index >= 15 is 0 Å². The second kappa shape index (κ2) is 20.4. The smallest absolute Gasteiger partial charge is 0.252 e. The first kappa shape index (κ1) is 37.7. The summed E-state index contributed by atoms with van der Waals surface area (Å²) in [5, 5.41) is 15.4. The number of terminal acetylenes is 1. The molecule has 0 unspecified atom stereocenters. The number of aryl methyl sites for hydroxylation is 2. The van der Waals surface area contributed by atoms with Crippen LogP contribution < -0.4 is 10.6 Å². The van der Waals surface area contributed by atoms with Gasteiger partial charge in [0.1, 0.15) is 5.69 Å². The van der Waals surface area contributed by atoms with Crippen molar-refractivity contribution in [2.24, 2.45) is 0 Å². The fraction of sp³-hybridized carbons (Fsp3) is 0.425. The molecule has 0 radical (unpaired) electrons. The molecule has 0 saturated carbocycles. The summed E-state index contributed by atoms with van der Waals surface area (Å²) in [5.41, 5.74) is 6.68. The highest BCUT2D eigenvalue weighted by molar-refractivity contribution is 5.94. The summed E-state index contributed by atoms with van der Waals surface area (Å²) >= 11 is 0. The molecule has 1 fully saturated rings. The van der Waals surface area contributed by atoms with Crippen molar-refractivity contribution in [3.05, 3.63) is 95.3 Å². The van der Waals surface area contributed by atoms with Crippen LogP contribution in [0.3, 0.4) is 0 Å². The number of amides is 1. The van der Waals surface area contributed by atoms with E-state index < -0.39 is 0 Å². The zero-order valence-corrected chi connectivity index (χ0v) is 29.4. The number of carbonyl (C=O) groups is 1. The number of unbranched alkanes of at least 4 members (excludes halogenated alkanes) is 5. The molecule has 0 aliphatic carbocycles. The van der Waals surface area contributed by atoms with Gasteiger partial charge in [0.05, 0.1) is 18.8 Å². The monoisotopic (exact) mass is 680 g/mol. The molecule has 0 spiro atoms. The molecule has 3 heterocycles. The number of carbonyl (C=O) groups excluding carboxylic acids is 1. The number of hydrogen-bond donors (Lipinski definition) is 2. The van der Waals surface area contributed by atoms with Crippen LogP contribution in [0.15, 0.2) is 73.1 Å². The minimum absolute atomic E-state index is 0. The van der Waals surface area contributed by atoms with Gasteiger partial charge in [-0.15, -0.1) is 29.0 Å². The van der Waals surface area contributed by atoms with Gasteiger partial charge >= 0.3 is 0 Å². The average Bonchev–Trinajstić information content (AvgIpc) is 3.61. The normalized spacial score (nSPS) is 15.3. The zero-order chi connectivity index (χ0) is 33.4. The van der Waals surface area contributed by atoms with E-state index in [1.807, 2.05) is 18.2 Å². The van der Waals surface area contributed by atoms with Crippen LogP contribution >= 0.6 is 12.4 Å². The Hall–Kier alpha value is -4.16. The van der Waals surface area contributed by atoms with Gasteiger partial charge in [-0.05, 0) is 79.6 Å². The Balaban J connectivity index is 0.00000541. The van der Waals surface area contributed by atoms with Gasteiger partial charge in [0.25, 0.3) is 5.91 Å². The molecule has 4 aromatic rings. The molecule has 9 heteroatoms. The van der Waals surface area contributed by atoms with Crippen LogP contribution in [0.4, 0.5) is 0 Å². The predicted molar refractivity (Wildman–Crippen MR) is 199 cm³/mol. The van der Waals surface area contributed by atoms with Crippen LogP contribution in [0.2, 0.25) is 0 Å². The van der Waals surface area contributed by atoms with Crippen molar-refractivity contribution >= 4 is 18.3 Å². The first-order valence-electron chi connectivity index (χ1n) is 17.5. The molecule has 49 heavy (non-hydrogen) atoms. The lowest BCUT2D eigenvalue weighted by Crippen LogP contribution is -2.31. The van der Waals surface area contributed by atoms with Crippen LogP contribution in [0, 0.1) is 12.3 Å². The van der Waals surface area contributed by atoms with Crippen LogP contribution in [0.5, 0.6) is 0 Å². The fourth-order valence-electron chi connectivity index (χ4n) is 6.38. The third-order valence-electron chi connectivity index (χ3n) is 9.05. The van der Waals surface area contributed by atoms with E-state index in [1.165, 1.54) is 56.1 Å². The summed E-state index contributed by atoms with van der Waals surface area (Å²) in [5.74, 6) is 3.21. The Morgan fingerprint density at radius 3 is 2.47 bits per heavy atom. The van der Waals surface area contributed by atoms with Gasteiger partial charge in [-0.3, -0.25) is 4.79 Å². The third-order valence-corrected chi connectivity index (χ3v) is 9.05. The summed E-state index contributed by atoms with van der Waals surface area (Å²) in [4.78, 5) is 21.1. The first-order valence-corrected chi connectivity index (χ1v) is 17.5. The molecular formula is C40H49ClN6O2. The van der Waals surface area contributed by atoms with Gasteiger partial charge in [0.2, 0.25) is 0 Å². The zero-order valence-electron chi connectivity index (χ0n) is 28.6. The van der Waals surface area contributed by atoms with Crippen LogP contribution in [-0.2, 0) is 17.6 Å². The van der Waals surface area contributed by atoms with E-state index in [2.05, 4.69) is 67.9 Å². The van der Waals surface area contributed by atoms with E-state index in [0.717, 1.165) is 42.6 Å². The van der Waals surface area contributed by atoms with Crippen LogP contribution in [-0.4, -0.2) is 58.4 Å². The number of aromatic nitrogens is 4. The van der Waals surface area contributed by atoms with E-state index in [9.17, 15) is 4.79 Å². The second-order valence-corrected chi connectivity index (χ2v) is 12.5. The molecule has 5 rings (SSSR count). The lowest BCUT2D eigenvalue weighted by Gasteiger charge is -2.20. The highest BCUT2D eigenvalue weighted by Crippen LogP contribution is 2.29. The number of benzene rings is 2. The molecule has 1 amide bonds. The van der Waals surface area contributed by atoms with E-state index in [0.29, 0.717) is 42.3 Å². The van der Waals surface area contributed by atoms with E-state index in [1.54, 1.807) is 30.6 Å². The van der Waals surface area contributed by atoms with Crippen molar-refractivity contribution in [1.82, 2.24) is 30.8 Å². The van der Waals surface area contributed by atoms with E-state index in [-0.39, 0.29) is 24.9 Å². The highest BCUT2D eigenvalue weighted by atomic mass is 35.5. The van der Waals surface area contributed by atoms with Crippen molar-refractivity contribution in [3.8, 4) is 35.1 Å². The lowest BCUT2D eigenvalue weighted by atomic mass is 9.91. The van der Waals surface area contributed by atoms with Crippen molar-refractivity contribution in [3.63, 3.8) is 0 Å². The highest BCUT2D eigenvalue weighted by Gasteiger charge is 2.28. The van der Waals surface area contributed by atoms with Crippen molar-refractivity contribution in [1.29, 1.82) is 0 Å². The van der Waals surface area contributed by atoms with Gasteiger partial charge in [0, 0.05) is 42.1 Å². The summed E-state index contributed by atoms with van der Waals surface area (Å²) in [6.45, 7) is 4.78. The Labute approximate surface area is 297 Å².